The number of benzene rings is 1. The van der Waals surface area contributed by atoms with Gasteiger partial charge in [0.05, 0.1) is 11.4 Å². The van der Waals surface area contributed by atoms with Crippen molar-refractivity contribution < 1.29 is 18.9 Å². The van der Waals surface area contributed by atoms with E-state index in [9.17, 15) is 18.9 Å². The Balaban J connectivity index is 2.02. The minimum atomic E-state index is -0.639. The second-order valence-electron chi connectivity index (χ2n) is 6.91. The van der Waals surface area contributed by atoms with Crippen molar-refractivity contribution in [3.8, 4) is 0 Å². The van der Waals surface area contributed by atoms with Gasteiger partial charge in [0, 0.05) is 13.3 Å². The van der Waals surface area contributed by atoms with Gasteiger partial charge >= 0.3 is 0 Å². The molecule has 1 fully saturated rings. The normalized spacial score (nSPS) is 16.0. The highest BCUT2D eigenvalue weighted by Crippen LogP contribution is 2.25. The number of carbonyl (C=O) groups is 3. The van der Waals surface area contributed by atoms with Crippen molar-refractivity contribution in [3.63, 3.8) is 0 Å². The predicted octanol–water partition coefficient (Wildman–Crippen LogP) is 2.18. The van der Waals surface area contributed by atoms with Crippen molar-refractivity contribution in [2.75, 3.05) is 6.54 Å². The minimum Gasteiger partial charge on any atom is -0.320 e. The van der Waals surface area contributed by atoms with Crippen LogP contribution in [-0.2, 0) is 20.8 Å². The number of halogens is 1. The van der Waals surface area contributed by atoms with Gasteiger partial charge in [-0.15, -0.1) is 0 Å². The Morgan fingerprint density at radius 3 is 2.57 bits per heavy atom. The molecule has 1 aliphatic heterocycles. The third kappa shape index (κ3) is 3.85. The first kappa shape index (κ1) is 19.5. The van der Waals surface area contributed by atoms with E-state index < -0.39 is 17.7 Å². The van der Waals surface area contributed by atoms with Crippen molar-refractivity contribution in [2.24, 2.45) is 0 Å². The Hall–Kier alpha value is -3.29. The molecule has 1 saturated heterocycles. The number of nitrogens with one attached hydrogen (secondary N) is 1. The molecular weight excluding hydrogens is 363 g/mol. The molecule has 3 rings (SSSR count). The lowest BCUT2D eigenvalue weighted by atomic mass is 10.1. The summed E-state index contributed by atoms with van der Waals surface area (Å²) < 4.78 is 15.0. The maximum atomic E-state index is 15.0. The van der Waals surface area contributed by atoms with Gasteiger partial charge in [0.1, 0.15) is 18.1 Å². The molecule has 2 heterocycles. The highest BCUT2D eigenvalue weighted by molar-refractivity contribution is 6.12. The summed E-state index contributed by atoms with van der Waals surface area (Å²) in [6.45, 7) is 4.50. The number of imide groups is 1. The third-order valence-electron chi connectivity index (χ3n) is 4.41. The first-order valence-corrected chi connectivity index (χ1v) is 8.93. The van der Waals surface area contributed by atoms with Gasteiger partial charge in [-0.2, -0.15) is 4.79 Å². The minimum absolute atomic E-state index is 0.0993. The molecule has 8 heteroatoms. The number of aromatic nitrogens is 2. The van der Waals surface area contributed by atoms with E-state index in [1.807, 2.05) is 44.2 Å². The lowest BCUT2D eigenvalue weighted by Gasteiger charge is -2.25. The summed E-state index contributed by atoms with van der Waals surface area (Å²) in [5.41, 5.74) is 1.33. The molecule has 0 saturated carbocycles. The van der Waals surface area contributed by atoms with Crippen LogP contribution in [0.4, 0.5) is 4.48 Å². The number of rotatable bonds is 4. The molecule has 1 aromatic carbocycles. The van der Waals surface area contributed by atoms with Crippen LogP contribution in [0.1, 0.15) is 49.5 Å². The average molecular weight is 384 g/mol. The van der Waals surface area contributed by atoms with Crippen LogP contribution in [-0.4, -0.2) is 38.9 Å². The lowest BCUT2D eigenvalue weighted by Crippen LogP contribution is -2.51. The molecule has 0 spiro atoms. The van der Waals surface area contributed by atoms with Crippen LogP contribution >= 0.6 is 0 Å². The number of amides is 3. The zero-order chi connectivity index (χ0) is 20.4. The van der Waals surface area contributed by atoms with Crippen LogP contribution in [0.2, 0.25) is 0 Å². The van der Waals surface area contributed by atoms with Gasteiger partial charge < -0.3 is 5.32 Å². The molecule has 0 unspecified atom stereocenters. The Labute approximate surface area is 161 Å². The van der Waals surface area contributed by atoms with Crippen molar-refractivity contribution in [3.05, 3.63) is 58.8 Å². The van der Waals surface area contributed by atoms with E-state index in [0.29, 0.717) is 10.5 Å². The number of nitrogens with zero attached hydrogens (tertiary/aromatic N) is 3. The maximum absolute atomic E-state index is 15.0. The monoisotopic (exact) mass is 384 g/mol. The number of hydrogen-bond donors (Lipinski definition) is 1. The molecule has 1 aromatic heterocycles. The number of piperazine rings is 1. The Bertz CT molecular complexity index is 963. The second-order valence-corrected chi connectivity index (χ2v) is 6.91. The lowest BCUT2D eigenvalue weighted by molar-refractivity contribution is -0.147. The molecule has 28 heavy (non-hydrogen) atoms. The van der Waals surface area contributed by atoms with Crippen molar-refractivity contribution in [1.82, 2.24) is 20.0 Å². The molecular formula is C20H21FN4O3. The summed E-state index contributed by atoms with van der Waals surface area (Å²) >= 11 is 0. The van der Waals surface area contributed by atoms with E-state index in [0.717, 1.165) is 10.5 Å². The SMILES string of the molecule is CC(=O)N1CC(=O)NC(=Cc2nc(Cc3ccccc3)n(F)c2C(C)C)C1=O. The van der Waals surface area contributed by atoms with E-state index in [4.69, 9.17) is 0 Å². The Morgan fingerprint density at radius 1 is 1.29 bits per heavy atom. The van der Waals surface area contributed by atoms with Crippen LogP contribution in [0.5, 0.6) is 0 Å². The molecule has 146 valence electrons. The van der Waals surface area contributed by atoms with E-state index in [2.05, 4.69) is 10.3 Å². The largest absolute Gasteiger partial charge is 0.320 e. The molecule has 3 amide bonds. The van der Waals surface area contributed by atoms with Crippen molar-refractivity contribution >= 4 is 23.8 Å². The van der Waals surface area contributed by atoms with Crippen molar-refractivity contribution in [1.29, 1.82) is 0 Å². The van der Waals surface area contributed by atoms with E-state index in [1.54, 1.807) is 0 Å². The van der Waals surface area contributed by atoms with Crippen molar-refractivity contribution in [2.45, 2.75) is 33.1 Å². The molecule has 1 aliphatic rings. The van der Waals surface area contributed by atoms with Crippen LogP contribution < -0.4 is 5.32 Å². The van der Waals surface area contributed by atoms with Crippen LogP contribution in [0.15, 0.2) is 36.0 Å². The Morgan fingerprint density at radius 2 is 1.96 bits per heavy atom. The molecule has 0 aliphatic carbocycles. The zero-order valence-electron chi connectivity index (χ0n) is 15.9. The topological polar surface area (TPSA) is 84.3 Å². The van der Waals surface area contributed by atoms with E-state index >= 15 is 0 Å². The first-order chi connectivity index (χ1) is 13.3. The number of imidazole rings is 1. The predicted molar refractivity (Wildman–Crippen MR) is 101 cm³/mol. The summed E-state index contributed by atoms with van der Waals surface area (Å²) in [6, 6.07) is 9.34. The van der Waals surface area contributed by atoms with Gasteiger partial charge in [-0.05, 0) is 17.6 Å². The Kier molecular flexibility index (Phi) is 5.39. The van der Waals surface area contributed by atoms with E-state index in [1.165, 1.54) is 13.0 Å². The third-order valence-corrected chi connectivity index (χ3v) is 4.41. The molecule has 1 N–H and O–H groups in total. The van der Waals surface area contributed by atoms with Gasteiger partial charge in [0.25, 0.3) is 5.91 Å². The summed E-state index contributed by atoms with van der Waals surface area (Å²) in [4.78, 5) is 41.7. The highest BCUT2D eigenvalue weighted by Gasteiger charge is 2.31. The fraction of sp³-hybridized carbons (Fsp3) is 0.300. The van der Waals surface area contributed by atoms with Gasteiger partial charge in [0.15, 0.2) is 0 Å². The summed E-state index contributed by atoms with van der Waals surface area (Å²) in [6.07, 6.45) is 1.61. The fourth-order valence-electron chi connectivity index (χ4n) is 3.09. The zero-order valence-corrected chi connectivity index (χ0v) is 15.9. The average Bonchev–Trinajstić information content (AvgIpc) is 2.93. The van der Waals surface area contributed by atoms with Crippen LogP contribution in [0.3, 0.4) is 0 Å². The smallest absolute Gasteiger partial charge is 0.277 e. The molecule has 0 bridgehead atoms. The van der Waals surface area contributed by atoms with Gasteiger partial charge in [-0.1, -0.05) is 48.7 Å². The molecule has 2 aromatic rings. The molecule has 7 nitrogen and oxygen atoms in total. The number of carbonyl (C=O) groups excluding carboxylic acids is 3. The highest BCUT2D eigenvalue weighted by atomic mass is 19.2. The van der Waals surface area contributed by atoms with Crippen LogP contribution in [0.25, 0.3) is 6.08 Å². The molecule has 0 atom stereocenters. The number of hydrogen-bond acceptors (Lipinski definition) is 4. The van der Waals surface area contributed by atoms with Gasteiger partial charge in [-0.25, -0.2) is 4.98 Å². The van der Waals surface area contributed by atoms with Gasteiger partial charge in [-0.3, -0.25) is 19.3 Å². The summed E-state index contributed by atoms with van der Waals surface area (Å²) in [5.74, 6) is -1.68. The summed E-state index contributed by atoms with van der Waals surface area (Å²) in [7, 11) is 0. The summed E-state index contributed by atoms with van der Waals surface area (Å²) in [5, 5.41) is 2.45. The van der Waals surface area contributed by atoms with Gasteiger partial charge in [0.2, 0.25) is 11.8 Å². The van der Waals surface area contributed by atoms with E-state index in [-0.39, 0.29) is 36.1 Å². The first-order valence-electron chi connectivity index (χ1n) is 8.93. The van der Waals surface area contributed by atoms with Crippen LogP contribution in [0, 0.1) is 0 Å². The quantitative estimate of drug-likeness (QED) is 0.819. The maximum Gasteiger partial charge on any atom is 0.277 e. The second kappa shape index (κ2) is 7.75. The molecule has 0 radical (unpaired) electrons. The fourth-order valence-corrected chi connectivity index (χ4v) is 3.09. The standard InChI is InChI=1S/C20H21FN4O3/c1-12(2)19-15(10-16-20(28)24(13(3)26)11-18(27)23-16)22-17(25(19)21)9-14-7-5-4-6-8-14/h4-8,10,12H,9,11H2,1-3H3,(H,23,27).